The number of benzene rings is 3. The normalized spacial score (nSPS) is 10.7. The highest BCUT2D eigenvalue weighted by molar-refractivity contribution is 5.96. The number of hydrogen-bond acceptors (Lipinski definition) is 3. The summed E-state index contributed by atoms with van der Waals surface area (Å²) in [5.74, 6) is -0.262. The number of aromatic nitrogens is 2. The van der Waals surface area contributed by atoms with Gasteiger partial charge in [-0.3, -0.25) is 4.79 Å². The molecule has 0 aliphatic carbocycles. The summed E-state index contributed by atoms with van der Waals surface area (Å²) in [6, 6.07) is 26.4. The van der Waals surface area contributed by atoms with E-state index in [-0.39, 0.29) is 17.2 Å². The van der Waals surface area contributed by atoms with Crippen molar-refractivity contribution in [3.05, 3.63) is 102 Å². The SMILES string of the molecule is CN(Cc1cn(-c2ccccc2)nc1-c1ccccc1)C(=O)c1ccccc1O. The highest BCUT2D eigenvalue weighted by Gasteiger charge is 2.19. The van der Waals surface area contributed by atoms with Crippen molar-refractivity contribution in [3.63, 3.8) is 0 Å². The van der Waals surface area contributed by atoms with Gasteiger partial charge in [-0.05, 0) is 24.3 Å². The largest absolute Gasteiger partial charge is 0.507 e. The van der Waals surface area contributed by atoms with Gasteiger partial charge in [0, 0.05) is 30.9 Å². The van der Waals surface area contributed by atoms with Crippen LogP contribution in [0.3, 0.4) is 0 Å². The van der Waals surface area contributed by atoms with E-state index in [0.717, 1.165) is 22.5 Å². The van der Waals surface area contributed by atoms with Crippen LogP contribution in [-0.2, 0) is 6.54 Å². The van der Waals surface area contributed by atoms with Crippen LogP contribution in [0.25, 0.3) is 16.9 Å². The summed E-state index contributed by atoms with van der Waals surface area (Å²) >= 11 is 0. The molecule has 29 heavy (non-hydrogen) atoms. The van der Waals surface area contributed by atoms with E-state index in [9.17, 15) is 9.90 Å². The van der Waals surface area contributed by atoms with Gasteiger partial charge in [-0.15, -0.1) is 0 Å². The zero-order valence-corrected chi connectivity index (χ0v) is 16.1. The van der Waals surface area contributed by atoms with Gasteiger partial charge in [0.25, 0.3) is 5.91 Å². The predicted molar refractivity (Wildman–Crippen MR) is 113 cm³/mol. The van der Waals surface area contributed by atoms with Gasteiger partial charge in [0.05, 0.1) is 16.9 Å². The molecule has 0 atom stereocenters. The van der Waals surface area contributed by atoms with E-state index in [0.29, 0.717) is 6.54 Å². The Bertz CT molecular complexity index is 1120. The maximum absolute atomic E-state index is 12.8. The number of para-hydroxylation sites is 2. The zero-order chi connectivity index (χ0) is 20.2. The van der Waals surface area contributed by atoms with Crippen molar-refractivity contribution < 1.29 is 9.90 Å². The summed E-state index contributed by atoms with van der Waals surface area (Å²) in [6.07, 6.45) is 1.95. The standard InChI is InChI=1S/C24H21N3O2/c1-26(24(29)21-14-8-9-15-22(21)28)16-19-17-27(20-12-6-3-7-13-20)25-23(19)18-10-4-2-5-11-18/h2-15,17,28H,16H2,1H3. The average Bonchev–Trinajstić information content (AvgIpc) is 3.18. The summed E-state index contributed by atoms with van der Waals surface area (Å²) in [6.45, 7) is 0.365. The van der Waals surface area contributed by atoms with E-state index < -0.39 is 0 Å². The molecule has 0 radical (unpaired) electrons. The Hall–Kier alpha value is -3.86. The van der Waals surface area contributed by atoms with Crippen molar-refractivity contribution in [2.45, 2.75) is 6.54 Å². The lowest BCUT2D eigenvalue weighted by molar-refractivity contribution is 0.0782. The Labute approximate surface area is 169 Å². The number of amides is 1. The molecule has 4 rings (SSSR count). The number of phenolic OH excluding ortho intramolecular Hbond substituents is 1. The van der Waals surface area contributed by atoms with Crippen LogP contribution in [0.2, 0.25) is 0 Å². The average molecular weight is 383 g/mol. The van der Waals surface area contributed by atoms with Crippen LogP contribution < -0.4 is 0 Å². The zero-order valence-electron chi connectivity index (χ0n) is 16.1. The third-order valence-corrected chi connectivity index (χ3v) is 4.75. The summed E-state index contributed by atoms with van der Waals surface area (Å²) in [4.78, 5) is 14.4. The second-order valence-corrected chi connectivity index (χ2v) is 6.83. The molecule has 0 saturated carbocycles. The first-order valence-electron chi connectivity index (χ1n) is 9.36. The molecule has 5 heteroatoms. The van der Waals surface area contributed by atoms with Gasteiger partial charge in [-0.2, -0.15) is 5.10 Å². The van der Waals surface area contributed by atoms with Crippen molar-refractivity contribution >= 4 is 5.91 Å². The van der Waals surface area contributed by atoms with Crippen LogP contribution >= 0.6 is 0 Å². The van der Waals surface area contributed by atoms with Crippen molar-refractivity contribution in [3.8, 4) is 22.7 Å². The Kier molecular flexibility index (Phi) is 5.12. The lowest BCUT2D eigenvalue weighted by atomic mass is 10.1. The quantitative estimate of drug-likeness (QED) is 0.551. The number of carbonyl (C=O) groups is 1. The van der Waals surface area contributed by atoms with Crippen molar-refractivity contribution in [1.29, 1.82) is 0 Å². The van der Waals surface area contributed by atoms with Crippen molar-refractivity contribution in [2.24, 2.45) is 0 Å². The fourth-order valence-corrected chi connectivity index (χ4v) is 3.26. The Morgan fingerprint density at radius 3 is 2.24 bits per heavy atom. The van der Waals surface area contributed by atoms with E-state index in [1.54, 1.807) is 30.1 Å². The molecule has 0 bridgehead atoms. The van der Waals surface area contributed by atoms with Gasteiger partial charge >= 0.3 is 0 Å². The smallest absolute Gasteiger partial charge is 0.257 e. The van der Waals surface area contributed by atoms with Crippen LogP contribution in [0.4, 0.5) is 0 Å². The van der Waals surface area contributed by atoms with E-state index in [2.05, 4.69) is 0 Å². The Balaban J connectivity index is 1.69. The minimum Gasteiger partial charge on any atom is -0.507 e. The van der Waals surface area contributed by atoms with E-state index >= 15 is 0 Å². The first-order chi connectivity index (χ1) is 14.1. The second kappa shape index (κ2) is 8.02. The highest BCUT2D eigenvalue weighted by atomic mass is 16.3. The summed E-state index contributed by atoms with van der Waals surface area (Å²) in [7, 11) is 1.73. The maximum Gasteiger partial charge on any atom is 0.257 e. The van der Waals surface area contributed by atoms with Gasteiger partial charge < -0.3 is 10.0 Å². The minimum absolute atomic E-state index is 0.0207. The minimum atomic E-state index is -0.241. The fraction of sp³-hybridized carbons (Fsp3) is 0.0833. The molecule has 1 heterocycles. The Morgan fingerprint density at radius 2 is 1.55 bits per heavy atom. The number of carbonyl (C=O) groups excluding carboxylic acids is 1. The lowest BCUT2D eigenvalue weighted by Crippen LogP contribution is -2.26. The van der Waals surface area contributed by atoms with Gasteiger partial charge in [-0.25, -0.2) is 4.68 Å². The molecule has 0 aliphatic rings. The lowest BCUT2D eigenvalue weighted by Gasteiger charge is -2.17. The van der Waals surface area contributed by atoms with Crippen LogP contribution in [-0.4, -0.2) is 32.7 Å². The molecule has 5 nitrogen and oxygen atoms in total. The molecular formula is C24H21N3O2. The maximum atomic E-state index is 12.8. The molecule has 1 aromatic heterocycles. The van der Waals surface area contributed by atoms with Gasteiger partial charge in [0.2, 0.25) is 0 Å². The van der Waals surface area contributed by atoms with Crippen LogP contribution in [0, 0.1) is 0 Å². The van der Waals surface area contributed by atoms with Crippen LogP contribution in [0.5, 0.6) is 5.75 Å². The first-order valence-corrected chi connectivity index (χ1v) is 9.36. The highest BCUT2D eigenvalue weighted by Crippen LogP contribution is 2.26. The molecule has 0 aliphatic heterocycles. The summed E-state index contributed by atoms with van der Waals surface area (Å²) in [5.41, 5.74) is 3.97. The van der Waals surface area contributed by atoms with Crippen LogP contribution in [0.1, 0.15) is 15.9 Å². The molecule has 144 valence electrons. The molecule has 1 N–H and O–H groups in total. The second-order valence-electron chi connectivity index (χ2n) is 6.83. The molecule has 4 aromatic rings. The number of rotatable bonds is 5. The predicted octanol–water partition coefficient (Wildman–Crippen LogP) is 4.52. The topological polar surface area (TPSA) is 58.4 Å². The monoisotopic (exact) mass is 383 g/mol. The third kappa shape index (κ3) is 3.89. The number of nitrogens with zero attached hydrogens (tertiary/aromatic N) is 3. The van der Waals surface area contributed by atoms with E-state index in [4.69, 9.17) is 5.10 Å². The molecule has 1 amide bonds. The molecular weight excluding hydrogens is 362 g/mol. The van der Waals surface area contributed by atoms with Gasteiger partial charge in [0.1, 0.15) is 5.75 Å². The van der Waals surface area contributed by atoms with Crippen molar-refractivity contribution in [2.75, 3.05) is 7.05 Å². The van der Waals surface area contributed by atoms with E-state index in [1.807, 2.05) is 71.5 Å². The van der Waals surface area contributed by atoms with Crippen LogP contribution in [0.15, 0.2) is 91.1 Å². The number of phenols is 1. The molecule has 0 saturated heterocycles. The molecule has 0 fully saturated rings. The van der Waals surface area contributed by atoms with Crippen molar-refractivity contribution in [1.82, 2.24) is 14.7 Å². The number of hydrogen-bond donors (Lipinski definition) is 1. The third-order valence-electron chi connectivity index (χ3n) is 4.75. The Morgan fingerprint density at radius 1 is 0.931 bits per heavy atom. The van der Waals surface area contributed by atoms with Gasteiger partial charge in [-0.1, -0.05) is 60.7 Å². The molecule has 0 unspecified atom stereocenters. The van der Waals surface area contributed by atoms with Gasteiger partial charge in [0.15, 0.2) is 0 Å². The number of aromatic hydroxyl groups is 1. The first kappa shape index (κ1) is 18.5. The van der Waals surface area contributed by atoms with E-state index in [1.165, 1.54) is 6.07 Å². The summed E-state index contributed by atoms with van der Waals surface area (Å²) < 4.78 is 1.83. The molecule has 3 aromatic carbocycles. The summed E-state index contributed by atoms with van der Waals surface area (Å²) in [5, 5.41) is 14.8. The molecule has 0 spiro atoms. The fourth-order valence-electron chi connectivity index (χ4n) is 3.26.